The minimum atomic E-state index is -4.23. The van der Waals surface area contributed by atoms with Crippen LogP contribution in [0.15, 0.2) is 77.7 Å². The number of sulfonamides is 1. The van der Waals surface area contributed by atoms with Crippen molar-refractivity contribution in [1.82, 2.24) is 10.2 Å². The lowest BCUT2D eigenvalue weighted by molar-refractivity contribution is -0.139. The van der Waals surface area contributed by atoms with Gasteiger partial charge in [-0.15, -0.1) is 0 Å². The van der Waals surface area contributed by atoms with Crippen molar-refractivity contribution in [2.24, 2.45) is 5.92 Å². The first-order valence-electron chi connectivity index (χ1n) is 12.7. The number of nitrogens with zero attached hydrogens (tertiary/aromatic N) is 2. The second-order valence-corrected chi connectivity index (χ2v) is 12.3. The monoisotopic (exact) mass is 605 g/mol. The lowest BCUT2D eigenvalue weighted by atomic mass is 10.1. The Morgan fingerprint density at radius 2 is 1.65 bits per heavy atom. The van der Waals surface area contributed by atoms with Crippen LogP contribution < -0.4 is 14.4 Å². The highest BCUT2D eigenvalue weighted by Gasteiger charge is 2.33. The van der Waals surface area contributed by atoms with Gasteiger partial charge in [0.25, 0.3) is 10.0 Å². The van der Waals surface area contributed by atoms with Crippen LogP contribution >= 0.6 is 23.2 Å². The molecule has 0 saturated carbocycles. The summed E-state index contributed by atoms with van der Waals surface area (Å²) in [7, 11) is -2.70. The number of hydrogen-bond acceptors (Lipinski definition) is 5. The second-order valence-electron chi connectivity index (χ2n) is 9.61. The summed E-state index contributed by atoms with van der Waals surface area (Å²) in [4.78, 5) is 28.4. The molecule has 3 aromatic rings. The molecule has 3 aromatic carbocycles. The molecule has 0 aliphatic rings. The van der Waals surface area contributed by atoms with Crippen molar-refractivity contribution in [1.29, 1.82) is 0 Å². The van der Waals surface area contributed by atoms with Crippen molar-refractivity contribution in [3.8, 4) is 5.75 Å². The Balaban J connectivity index is 2.04. The van der Waals surface area contributed by atoms with Gasteiger partial charge in [0, 0.05) is 18.1 Å². The van der Waals surface area contributed by atoms with E-state index in [0.29, 0.717) is 22.9 Å². The van der Waals surface area contributed by atoms with E-state index in [1.807, 2.05) is 13.8 Å². The summed E-state index contributed by atoms with van der Waals surface area (Å²) in [6.07, 6.45) is 0. The van der Waals surface area contributed by atoms with Gasteiger partial charge in [-0.3, -0.25) is 13.9 Å². The molecule has 0 saturated heterocycles. The van der Waals surface area contributed by atoms with E-state index in [1.54, 1.807) is 49.4 Å². The van der Waals surface area contributed by atoms with Crippen LogP contribution in [0.5, 0.6) is 5.75 Å². The maximum absolute atomic E-state index is 14.0. The molecule has 0 aliphatic carbocycles. The summed E-state index contributed by atoms with van der Waals surface area (Å²) >= 11 is 12.5. The van der Waals surface area contributed by atoms with Crippen LogP contribution in [0.2, 0.25) is 10.0 Å². The molecule has 40 heavy (non-hydrogen) atoms. The highest BCUT2D eigenvalue weighted by Crippen LogP contribution is 2.33. The van der Waals surface area contributed by atoms with Gasteiger partial charge in [-0.2, -0.15) is 0 Å². The van der Waals surface area contributed by atoms with Crippen LogP contribution in [0.4, 0.5) is 5.69 Å². The maximum atomic E-state index is 14.0. The van der Waals surface area contributed by atoms with Crippen molar-refractivity contribution in [2.75, 3.05) is 24.5 Å². The topological polar surface area (TPSA) is 96.0 Å². The average molecular weight is 607 g/mol. The Labute approximate surface area is 245 Å². The molecule has 0 heterocycles. The fourth-order valence-electron chi connectivity index (χ4n) is 3.92. The number of methoxy groups -OCH3 is 1. The van der Waals surface area contributed by atoms with Crippen molar-refractivity contribution in [3.63, 3.8) is 0 Å². The fraction of sp³-hybridized carbons (Fsp3) is 0.310. The summed E-state index contributed by atoms with van der Waals surface area (Å²) < 4.78 is 33.9. The van der Waals surface area contributed by atoms with E-state index in [4.69, 9.17) is 27.9 Å². The number of amides is 2. The highest BCUT2D eigenvalue weighted by molar-refractivity contribution is 7.92. The molecule has 0 aromatic heterocycles. The largest absolute Gasteiger partial charge is 0.497 e. The normalized spacial score (nSPS) is 12.1. The molecule has 0 unspecified atom stereocenters. The molecule has 2 amide bonds. The average Bonchev–Trinajstić information content (AvgIpc) is 2.93. The molecule has 3 rings (SSSR count). The van der Waals surface area contributed by atoms with E-state index in [9.17, 15) is 18.0 Å². The molecular weight excluding hydrogens is 573 g/mol. The standard InChI is InChI=1S/C29H33Cl2N3O5S/c1-20(2)17-32-29(36)21(3)33(18-22-9-8-10-24(15-22)39-4)28(35)19-34(27-14-13-23(30)16-26(27)31)40(37,38)25-11-6-5-7-12-25/h5-16,20-21H,17-19H2,1-4H3,(H,32,36)/t21-/m1/s1. The molecule has 0 aliphatic heterocycles. The van der Waals surface area contributed by atoms with E-state index < -0.39 is 28.5 Å². The lowest BCUT2D eigenvalue weighted by Crippen LogP contribution is -2.51. The van der Waals surface area contributed by atoms with Crippen LogP contribution in [0.25, 0.3) is 0 Å². The number of ether oxygens (including phenoxy) is 1. The van der Waals surface area contributed by atoms with Crippen molar-refractivity contribution < 1.29 is 22.7 Å². The second kappa shape index (κ2) is 13.9. The van der Waals surface area contributed by atoms with E-state index in [-0.39, 0.29) is 34.0 Å². The van der Waals surface area contributed by atoms with Crippen LogP contribution in [0, 0.1) is 5.92 Å². The summed E-state index contributed by atoms with van der Waals surface area (Å²) in [5, 5.41) is 3.23. The predicted molar refractivity (Wildman–Crippen MR) is 158 cm³/mol. The van der Waals surface area contributed by atoms with E-state index in [1.165, 1.54) is 42.3 Å². The van der Waals surface area contributed by atoms with Gasteiger partial charge < -0.3 is 15.0 Å². The Morgan fingerprint density at radius 1 is 0.950 bits per heavy atom. The number of benzene rings is 3. The van der Waals surface area contributed by atoms with Crippen molar-refractivity contribution in [2.45, 2.75) is 38.3 Å². The highest BCUT2D eigenvalue weighted by atomic mass is 35.5. The molecular formula is C29H33Cl2N3O5S. The molecule has 8 nitrogen and oxygen atoms in total. The van der Waals surface area contributed by atoms with Gasteiger partial charge in [0.15, 0.2) is 0 Å². The van der Waals surface area contributed by atoms with E-state index in [0.717, 1.165) is 4.31 Å². The van der Waals surface area contributed by atoms with Gasteiger partial charge in [0.05, 0.1) is 22.7 Å². The number of halogens is 2. The van der Waals surface area contributed by atoms with Crippen molar-refractivity contribution >= 4 is 50.7 Å². The van der Waals surface area contributed by atoms with Gasteiger partial charge >= 0.3 is 0 Å². The molecule has 0 fully saturated rings. The summed E-state index contributed by atoms with van der Waals surface area (Å²) in [5.41, 5.74) is 0.791. The minimum absolute atomic E-state index is 0.0177. The third kappa shape index (κ3) is 7.90. The molecule has 1 atom stereocenters. The molecule has 214 valence electrons. The number of nitrogens with one attached hydrogen (secondary N) is 1. The van der Waals surface area contributed by atoms with Crippen molar-refractivity contribution in [3.05, 3.63) is 88.4 Å². The Bertz CT molecular complexity index is 1430. The lowest BCUT2D eigenvalue weighted by Gasteiger charge is -2.32. The number of rotatable bonds is 12. The zero-order valence-electron chi connectivity index (χ0n) is 22.8. The zero-order chi connectivity index (χ0) is 29.4. The number of carbonyl (C=O) groups is 2. The van der Waals surface area contributed by atoms with Crippen LogP contribution in [0.3, 0.4) is 0 Å². The summed E-state index contributed by atoms with van der Waals surface area (Å²) in [6.45, 7) is 5.40. The quantitative estimate of drug-likeness (QED) is 0.299. The van der Waals surface area contributed by atoms with E-state index in [2.05, 4.69) is 5.32 Å². The third-order valence-electron chi connectivity index (χ3n) is 6.13. The number of carbonyl (C=O) groups excluding carboxylic acids is 2. The van der Waals surface area contributed by atoms with Gasteiger partial charge in [-0.25, -0.2) is 8.42 Å². The Morgan fingerprint density at radius 3 is 2.27 bits per heavy atom. The first-order valence-corrected chi connectivity index (χ1v) is 14.9. The van der Waals surface area contributed by atoms with E-state index >= 15 is 0 Å². The molecule has 11 heteroatoms. The molecule has 1 N–H and O–H groups in total. The smallest absolute Gasteiger partial charge is 0.264 e. The molecule has 0 bridgehead atoms. The number of hydrogen-bond donors (Lipinski definition) is 1. The van der Waals surface area contributed by atoms with Crippen LogP contribution in [-0.2, 0) is 26.2 Å². The first kappa shape index (κ1) is 31.3. The van der Waals surface area contributed by atoms with Crippen LogP contribution in [0.1, 0.15) is 26.3 Å². The fourth-order valence-corrected chi connectivity index (χ4v) is 5.93. The third-order valence-corrected chi connectivity index (χ3v) is 8.44. The summed E-state index contributed by atoms with van der Waals surface area (Å²) in [5.74, 6) is -0.159. The van der Waals surface area contributed by atoms with Crippen LogP contribution in [-0.4, -0.2) is 51.4 Å². The first-order chi connectivity index (χ1) is 18.9. The van der Waals surface area contributed by atoms with Gasteiger partial charge in [0.1, 0.15) is 18.3 Å². The molecule has 0 radical (unpaired) electrons. The summed E-state index contributed by atoms with van der Waals surface area (Å²) in [6, 6.07) is 18.3. The predicted octanol–water partition coefficient (Wildman–Crippen LogP) is 5.39. The van der Waals surface area contributed by atoms with Gasteiger partial charge in [0.2, 0.25) is 11.8 Å². The minimum Gasteiger partial charge on any atom is -0.497 e. The van der Waals surface area contributed by atoms with Gasteiger partial charge in [-0.05, 0) is 60.9 Å². The van der Waals surface area contributed by atoms with Gasteiger partial charge in [-0.1, -0.05) is 67.4 Å². The SMILES string of the molecule is COc1cccc(CN(C(=O)CN(c2ccc(Cl)cc2Cl)S(=O)(=O)c2ccccc2)[C@H](C)C(=O)NCC(C)C)c1. The maximum Gasteiger partial charge on any atom is 0.264 e. The Kier molecular flexibility index (Phi) is 10.8. The zero-order valence-corrected chi connectivity index (χ0v) is 25.1. The Hall–Kier alpha value is -3.27. The molecule has 0 spiro atoms. The number of anilines is 1.